The molecule has 0 spiro atoms. The van der Waals surface area contributed by atoms with Crippen LogP contribution in [-0.2, 0) is 9.59 Å². The van der Waals surface area contributed by atoms with Crippen LogP contribution in [0.3, 0.4) is 0 Å². The molecule has 24 heavy (non-hydrogen) atoms. The van der Waals surface area contributed by atoms with E-state index in [1.807, 2.05) is 31.2 Å². The van der Waals surface area contributed by atoms with Crippen molar-refractivity contribution in [1.82, 2.24) is 5.32 Å². The zero-order valence-electron chi connectivity index (χ0n) is 14.8. The van der Waals surface area contributed by atoms with Gasteiger partial charge in [0.15, 0.2) is 0 Å². The van der Waals surface area contributed by atoms with Crippen LogP contribution in [0.5, 0.6) is 0 Å². The molecule has 1 aromatic carbocycles. The van der Waals surface area contributed by atoms with Gasteiger partial charge in [-0.25, -0.2) is 0 Å². The van der Waals surface area contributed by atoms with E-state index in [0.717, 1.165) is 24.4 Å². The second kappa shape index (κ2) is 7.37. The predicted molar refractivity (Wildman–Crippen MR) is 95.8 cm³/mol. The maximum atomic E-state index is 12.6. The molecule has 1 saturated carbocycles. The summed E-state index contributed by atoms with van der Waals surface area (Å²) in [5.41, 5.74) is 2.06. The molecule has 0 bridgehead atoms. The van der Waals surface area contributed by atoms with Crippen molar-refractivity contribution in [2.75, 3.05) is 11.4 Å². The number of hydrogen-bond donors (Lipinski definition) is 1. The summed E-state index contributed by atoms with van der Waals surface area (Å²) in [5.74, 6) is 0.706. The highest BCUT2D eigenvalue weighted by Gasteiger charge is 2.36. The van der Waals surface area contributed by atoms with Crippen LogP contribution in [0.15, 0.2) is 24.3 Å². The van der Waals surface area contributed by atoms with E-state index in [4.69, 9.17) is 0 Å². The number of rotatable bonds is 4. The van der Waals surface area contributed by atoms with Crippen molar-refractivity contribution in [2.24, 2.45) is 11.8 Å². The third-order valence-corrected chi connectivity index (χ3v) is 5.61. The number of carbonyl (C=O) groups is 2. The fourth-order valence-corrected chi connectivity index (χ4v) is 3.89. The first-order chi connectivity index (χ1) is 11.6. The summed E-state index contributed by atoms with van der Waals surface area (Å²) in [6, 6.07) is 8.22. The second-order valence-electron chi connectivity index (χ2n) is 7.38. The molecule has 0 aromatic heterocycles. The lowest BCUT2D eigenvalue weighted by molar-refractivity contribution is -0.127. The minimum Gasteiger partial charge on any atom is -0.353 e. The summed E-state index contributed by atoms with van der Waals surface area (Å²) >= 11 is 0. The summed E-state index contributed by atoms with van der Waals surface area (Å²) in [5, 5.41) is 3.19. The lowest BCUT2D eigenvalue weighted by atomic mass is 9.84. The Morgan fingerprint density at radius 1 is 1.17 bits per heavy atom. The fraction of sp³-hybridized carbons (Fsp3) is 0.600. The van der Waals surface area contributed by atoms with E-state index in [0.29, 0.717) is 19.0 Å². The first-order valence-corrected chi connectivity index (χ1v) is 9.24. The third kappa shape index (κ3) is 3.80. The zero-order chi connectivity index (χ0) is 17.1. The molecule has 0 unspecified atom stereocenters. The Labute approximate surface area is 144 Å². The Balaban J connectivity index is 1.55. The van der Waals surface area contributed by atoms with Crippen LogP contribution in [0.4, 0.5) is 5.69 Å². The van der Waals surface area contributed by atoms with Crippen LogP contribution >= 0.6 is 0 Å². The Morgan fingerprint density at radius 2 is 1.83 bits per heavy atom. The van der Waals surface area contributed by atoms with Crippen LogP contribution in [0, 0.1) is 18.8 Å². The molecule has 3 rings (SSSR count). The standard InChI is InChI=1S/C20H28N2O2/c1-3-15-6-8-17(9-7-15)21-20(24)16-12-19(23)22(13-16)18-10-4-14(2)5-11-18/h4-5,10-11,15-17H,3,6-9,12-13H2,1-2H3,(H,21,24)/t15?,16-,17?/m0/s1. The highest BCUT2D eigenvalue weighted by atomic mass is 16.2. The first-order valence-electron chi connectivity index (χ1n) is 9.24. The molecule has 1 aliphatic carbocycles. The lowest BCUT2D eigenvalue weighted by Gasteiger charge is -2.29. The number of aryl methyl sites for hydroxylation is 1. The molecule has 1 aromatic rings. The number of benzene rings is 1. The summed E-state index contributed by atoms with van der Waals surface area (Å²) in [7, 11) is 0. The first kappa shape index (κ1) is 17.0. The Morgan fingerprint density at radius 3 is 2.46 bits per heavy atom. The molecule has 2 fully saturated rings. The van der Waals surface area contributed by atoms with E-state index < -0.39 is 0 Å². The summed E-state index contributed by atoms with van der Waals surface area (Å²) in [6.45, 7) is 4.77. The molecular formula is C20H28N2O2. The highest BCUT2D eigenvalue weighted by molar-refractivity contribution is 6.00. The van der Waals surface area contributed by atoms with E-state index in [-0.39, 0.29) is 17.7 Å². The van der Waals surface area contributed by atoms with Gasteiger partial charge in [0.05, 0.1) is 5.92 Å². The van der Waals surface area contributed by atoms with Gasteiger partial charge < -0.3 is 10.2 Å². The Hall–Kier alpha value is -1.84. The van der Waals surface area contributed by atoms with Gasteiger partial charge in [0.1, 0.15) is 0 Å². The molecule has 1 atom stereocenters. The maximum Gasteiger partial charge on any atom is 0.227 e. The quantitative estimate of drug-likeness (QED) is 0.920. The van der Waals surface area contributed by atoms with Gasteiger partial charge in [-0.05, 0) is 50.7 Å². The molecule has 1 heterocycles. The Kier molecular flexibility index (Phi) is 5.22. The summed E-state index contributed by atoms with van der Waals surface area (Å²) in [4.78, 5) is 26.6. The average Bonchev–Trinajstić information content (AvgIpc) is 2.98. The van der Waals surface area contributed by atoms with E-state index in [1.54, 1.807) is 4.90 Å². The van der Waals surface area contributed by atoms with Crippen LogP contribution in [0.25, 0.3) is 0 Å². The van der Waals surface area contributed by atoms with Gasteiger partial charge >= 0.3 is 0 Å². The van der Waals surface area contributed by atoms with Gasteiger partial charge in [0.2, 0.25) is 11.8 Å². The molecule has 1 N–H and O–H groups in total. The largest absolute Gasteiger partial charge is 0.353 e. The van der Waals surface area contributed by atoms with Crippen molar-refractivity contribution in [3.05, 3.63) is 29.8 Å². The molecular weight excluding hydrogens is 300 g/mol. The summed E-state index contributed by atoms with van der Waals surface area (Å²) < 4.78 is 0. The Bertz CT molecular complexity index is 588. The predicted octanol–water partition coefficient (Wildman–Crippen LogP) is 3.43. The fourth-order valence-electron chi connectivity index (χ4n) is 3.89. The van der Waals surface area contributed by atoms with Crippen LogP contribution < -0.4 is 10.2 Å². The van der Waals surface area contributed by atoms with E-state index in [9.17, 15) is 9.59 Å². The second-order valence-corrected chi connectivity index (χ2v) is 7.38. The average molecular weight is 328 g/mol. The zero-order valence-corrected chi connectivity index (χ0v) is 14.8. The molecule has 2 aliphatic rings. The van der Waals surface area contributed by atoms with Crippen molar-refractivity contribution in [1.29, 1.82) is 0 Å². The van der Waals surface area contributed by atoms with E-state index in [2.05, 4.69) is 12.2 Å². The van der Waals surface area contributed by atoms with Crippen molar-refractivity contribution in [3.8, 4) is 0 Å². The third-order valence-electron chi connectivity index (χ3n) is 5.61. The molecule has 1 saturated heterocycles. The normalized spacial score (nSPS) is 27.3. The SMILES string of the molecule is CCC1CCC(NC(=O)[C@H]2CC(=O)N(c3ccc(C)cc3)C2)CC1. The number of nitrogens with zero attached hydrogens (tertiary/aromatic N) is 1. The molecule has 1 aliphatic heterocycles. The topological polar surface area (TPSA) is 49.4 Å². The van der Waals surface area contributed by atoms with Crippen LogP contribution in [-0.4, -0.2) is 24.4 Å². The molecule has 4 nitrogen and oxygen atoms in total. The molecule has 4 heteroatoms. The van der Waals surface area contributed by atoms with Gasteiger partial charge in [0.25, 0.3) is 0 Å². The van der Waals surface area contributed by atoms with Crippen molar-refractivity contribution >= 4 is 17.5 Å². The van der Waals surface area contributed by atoms with Gasteiger partial charge in [-0.2, -0.15) is 0 Å². The number of anilines is 1. The highest BCUT2D eigenvalue weighted by Crippen LogP contribution is 2.28. The van der Waals surface area contributed by atoms with Gasteiger partial charge in [0, 0.05) is 24.7 Å². The van der Waals surface area contributed by atoms with Gasteiger partial charge in [-0.15, -0.1) is 0 Å². The van der Waals surface area contributed by atoms with Crippen molar-refractivity contribution < 1.29 is 9.59 Å². The van der Waals surface area contributed by atoms with Gasteiger partial charge in [-0.3, -0.25) is 9.59 Å². The summed E-state index contributed by atoms with van der Waals surface area (Å²) in [6.07, 6.45) is 6.13. The smallest absolute Gasteiger partial charge is 0.227 e. The molecule has 2 amide bonds. The van der Waals surface area contributed by atoms with Crippen LogP contribution in [0.2, 0.25) is 0 Å². The lowest BCUT2D eigenvalue weighted by Crippen LogP contribution is -2.41. The monoisotopic (exact) mass is 328 g/mol. The maximum absolute atomic E-state index is 12.6. The molecule has 0 radical (unpaired) electrons. The van der Waals surface area contributed by atoms with E-state index in [1.165, 1.54) is 24.8 Å². The minimum atomic E-state index is -0.220. The number of hydrogen-bond acceptors (Lipinski definition) is 2. The minimum absolute atomic E-state index is 0.0497. The van der Waals surface area contributed by atoms with Crippen LogP contribution in [0.1, 0.15) is 51.0 Å². The van der Waals surface area contributed by atoms with Gasteiger partial charge in [-0.1, -0.05) is 31.0 Å². The number of amides is 2. The number of nitrogens with one attached hydrogen (secondary N) is 1. The van der Waals surface area contributed by atoms with E-state index >= 15 is 0 Å². The number of carbonyl (C=O) groups excluding carboxylic acids is 2. The van der Waals surface area contributed by atoms with Crippen molar-refractivity contribution in [2.45, 2.75) is 58.4 Å². The molecule has 130 valence electrons. The van der Waals surface area contributed by atoms with Crippen molar-refractivity contribution in [3.63, 3.8) is 0 Å².